The van der Waals surface area contributed by atoms with Crippen LogP contribution in [0.2, 0.25) is 0 Å². The number of hydrogen-bond donors (Lipinski definition) is 2. The van der Waals surface area contributed by atoms with Gasteiger partial charge in [0.1, 0.15) is 0 Å². The van der Waals surface area contributed by atoms with E-state index in [0.717, 1.165) is 12.1 Å². The highest BCUT2D eigenvalue weighted by Gasteiger charge is 2.18. The number of amides is 2. The summed E-state index contributed by atoms with van der Waals surface area (Å²) in [6, 6.07) is 17.3. The van der Waals surface area contributed by atoms with Crippen LogP contribution >= 0.6 is 15.9 Å². The Balaban J connectivity index is 1.38. The van der Waals surface area contributed by atoms with Gasteiger partial charge in [0.05, 0.1) is 6.54 Å². The number of fused-ring (bicyclic) bond motifs is 3. The molecule has 0 bridgehead atoms. The molecule has 26 heavy (non-hydrogen) atoms. The van der Waals surface area contributed by atoms with Crippen molar-refractivity contribution in [2.45, 2.75) is 6.42 Å². The molecular weight excluding hydrogens is 396 g/mol. The monoisotopic (exact) mass is 410 g/mol. The quantitative estimate of drug-likeness (QED) is 0.534. The van der Waals surface area contributed by atoms with Gasteiger partial charge in [-0.05, 0) is 68.9 Å². The van der Waals surface area contributed by atoms with E-state index < -0.39 is 5.91 Å². The average Bonchev–Trinajstić information content (AvgIpc) is 3.22. The van der Waals surface area contributed by atoms with Crippen molar-refractivity contribution in [1.29, 1.82) is 0 Å². The van der Waals surface area contributed by atoms with Crippen LogP contribution in [-0.2, 0) is 11.2 Å². The zero-order valence-corrected chi connectivity index (χ0v) is 15.3. The molecule has 0 unspecified atom stereocenters. The van der Waals surface area contributed by atoms with Gasteiger partial charge < -0.3 is 15.1 Å². The molecule has 0 saturated carbocycles. The molecule has 2 amide bonds. The fraction of sp³-hybridized carbons (Fsp3) is 0.100. The molecule has 3 aromatic rings. The molecule has 6 heteroatoms. The molecule has 2 N–H and O–H groups in total. The maximum Gasteiger partial charge on any atom is 0.287 e. The molecule has 0 saturated heterocycles. The van der Waals surface area contributed by atoms with Crippen LogP contribution in [0.1, 0.15) is 21.7 Å². The van der Waals surface area contributed by atoms with E-state index >= 15 is 0 Å². The molecule has 0 atom stereocenters. The van der Waals surface area contributed by atoms with Crippen LogP contribution in [0.25, 0.3) is 11.1 Å². The number of nitrogens with one attached hydrogen (secondary N) is 2. The van der Waals surface area contributed by atoms with E-state index in [4.69, 9.17) is 4.42 Å². The molecule has 0 fully saturated rings. The second-order valence-corrected chi connectivity index (χ2v) is 6.82. The topological polar surface area (TPSA) is 71.3 Å². The lowest BCUT2D eigenvalue weighted by molar-refractivity contribution is -0.115. The number of carbonyl (C=O) groups is 2. The zero-order valence-electron chi connectivity index (χ0n) is 13.7. The predicted molar refractivity (Wildman–Crippen MR) is 102 cm³/mol. The van der Waals surface area contributed by atoms with Gasteiger partial charge in [-0.3, -0.25) is 9.59 Å². The third-order valence-corrected chi connectivity index (χ3v) is 4.71. The Morgan fingerprint density at radius 1 is 1.00 bits per heavy atom. The molecule has 0 spiro atoms. The third-order valence-electron chi connectivity index (χ3n) is 4.28. The van der Waals surface area contributed by atoms with Gasteiger partial charge in [-0.1, -0.05) is 30.3 Å². The van der Waals surface area contributed by atoms with Crippen LogP contribution in [0.5, 0.6) is 0 Å². The van der Waals surface area contributed by atoms with E-state index in [1.807, 2.05) is 30.3 Å². The first-order valence-corrected chi connectivity index (χ1v) is 8.94. The van der Waals surface area contributed by atoms with E-state index in [0.29, 0.717) is 4.67 Å². The lowest BCUT2D eigenvalue weighted by atomic mass is 10.1. The normalized spacial score (nSPS) is 11.6. The molecule has 1 aliphatic carbocycles. The molecule has 1 aliphatic rings. The number of anilines is 1. The standard InChI is InChI=1S/C20H15BrN2O3/c21-18-8-7-17(26-18)20(25)22-11-19(24)23-14-5-6-16-13(10-14)9-12-3-1-2-4-15(12)16/h1-8,10H,9,11H2,(H,22,25)(H,23,24). The summed E-state index contributed by atoms with van der Waals surface area (Å²) in [4.78, 5) is 24.0. The van der Waals surface area contributed by atoms with Crippen molar-refractivity contribution in [2.75, 3.05) is 11.9 Å². The fourth-order valence-electron chi connectivity index (χ4n) is 3.11. The van der Waals surface area contributed by atoms with Gasteiger partial charge in [0.25, 0.3) is 5.91 Å². The minimum atomic E-state index is -0.435. The smallest absolute Gasteiger partial charge is 0.287 e. The molecule has 5 nitrogen and oxygen atoms in total. The molecular formula is C20H15BrN2O3. The van der Waals surface area contributed by atoms with E-state index in [9.17, 15) is 9.59 Å². The molecule has 1 aromatic heterocycles. The maximum atomic E-state index is 12.1. The van der Waals surface area contributed by atoms with Crippen LogP contribution in [0.4, 0.5) is 5.69 Å². The van der Waals surface area contributed by atoms with E-state index in [2.05, 4.69) is 38.7 Å². The van der Waals surface area contributed by atoms with Crippen LogP contribution in [-0.4, -0.2) is 18.4 Å². The van der Waals surface area contributed by atoms with Crippen LogP contribution in [0.15, 0.2) is 63.7 Å². The zero-order chi connectivity index (χ0) is 18.1. The Morgan fingerprint density at radius 3 is 2.62 bits per heavy atom. The number of halogens is 1. The maximum absolute atomic E-state index is 12.1. The van der Waals surface area contributed by atoms with Gasteiger partial charge >= 0.3 is 0 Å². The molecule has 4 rings (SSSR count). The summed E-state index contributed by atoms with van der Waals surface area (Å²) < 4.78 is 5.61. The number of hydrogen-bond acceptors (Lipinski definition) is 3. The van der Waals surface area contributed by atoms with Crippen molar-refractivity contribution in [2.24, 2.45) is 0 Å². The number of carbonyl (C=O) groups excluding carboxylic acids is 2. The highest BCUT2D eigenvalue weighted by atomic mass is 79.9. The summed E-state index contributed by atoms with van der Waals surface area (Å²) in [5.74, 6) is -0.574. The largest absolute Gasteiger partial charge is 0.444 e. The first-order valence-electron chi connectivity index (χ1n) is 8.15. The van der Waals surface area contributed by atoms with Crippen molar-refractivity contribution >= 4 is 33.4 Å². The minimum Gasteiger partial charge on any atom is -0.444 e. The number of benzene rings is 2. The Kier molecular flexibility index (Phi) is 4.34. The van der Waals surface area contributed by atoms with Crippen molar-refractivity contribution in [3.8, 4) is 11.1 Å². The summed E-state index contributed by atoms with van der Waals surface area (Å²) in [5.41, 5.74) is 5.65. The lowest BCUT2D eigenvalue weighted by Gasteiger charge is -2.08. The van der Waals surface area contributed by atoms with Crippen LogP contribution in [0.3, 0.4) is 0 Å². The second-order valence-electron chi connectivity index (χ2n) is 6.04. The highest BCUT2D eigenvalue weighted by Crippen LogP contribution is 2.37. The summed E-state index contributed by atoms with van der Waals surface area (Å²) in [6.45, 7) is -0.130. The Labute approximate surface area is 158 Å². The van der Waals surface area contributed by atoms with E-state index in [-0.39, 0.29) is 18.2 Å². The summed E-state index contributed by atoms with van der Waals surface area (Å²) in [7, 11) is 0. The van der Waals surface area contributed by atoms with Crippen LogP contribution in [0, 0.1) is 0 Å². The summed E-state index contributed by atoms with van der Waals surface area (Å²) in [6.07, 6.45) is 0.860. The van der Waals surface area contributed by atoms with Crippen LogP contribution < -0.4 is 10.6 Å². The number of furan rings is 1. The van der Waals surface area contributed by atoms with Gasteiger partial charge in [0.2, 0.25) is 5.91 Å². The average molecular weight is 411 g/mol. The second kappa shape index (κ2) is 6.80. The Bertz CT molecular complexity index is 1010. The Hall–Kier alpha value is -2.86. The van der Waals surface area contributed by atoms with Gasteiger partial charge in [-0.25, -0.2) is 0 Å². The molecule has 0 radical (unpaired) electrons. The van der Waals surface area contributed by atoms with Crippen molar-refractivity contribution in [3.05, 3.63) is 76.2 Å². The first kappa shape index (κ1) is 16.6. The summed E-state index contributed by atoms with van der Waals surface area (Å²) >= 11 is 3.13. The van der Waals surface area contributed by atoms with Crippen molar-refractivity contribution < 1.29 is 14.0 Å². The van der Waals surface area contributed by atoms with Crippen molar-refractivity contribution in [1.82, 2.24) is 5.32 Å². The predicted octanol–water partition coefficient (Wildman–Crippen LogP) is 3.98. The van der Waals surface area contributed by atoms with Gasteiger partial charge in [0.15, 0.2) is 10.4 Å². The fourth-order valence-corrected chi connectivity index (χ4v) is 3.42. The van der Waals surface area contributed by atoms with Crippen molar-refractivity contribution in [3.63, 3.8) is 0 Å². The molecule has 2 aromatic carbocycles. The molecule has 0 aliphatic heterocycles. The Morgan fingerprint density at radius 2 is 1.81 bits per heavy atom. The van der Waals surface area contributed by atoms with E-state index in [1.54, 1.807) is 6.07 Å². The van der Waals surface area contributed by atoms with Gasteiger partial charge in [-0.2, -0.15) is 0 Å². The SMILES string of the molecule is O=C(CNC(=O)c1ccc(Br)o1)Nc1ccc2c(c1)Cc1ccccc1-2. The number of rotatable bonds is 4. The molecule has 1 heterocycles. The lowest BCUT2D eigenvalue weighted by Crippen LogP contribution is -2.32. The van der Waals surface area contributed by atoms with Gasteiger partial charge in [-0.15, -0.1) is 0 Å². The highest BCUT2D eigenvalue weighted by molar-refractivity contribution is 9.10. The first-order chi connectivity index (χ1) is 12.6. The third kappa shape index (κ3) is 3.28. The van der Waals surface area contributed by atoms with E-state index in [1.165, 1.54) is 28.3 Å². The molecule has 130 valence electrons. The van der Waals surface area contributed by atoms with Gasteiger partial charge in [0, 0.05) is 5.69 Å². The summed E-state index contributed by atoms with van der Waals surface area (Å²) in [5, 5.41) is 5.35. The minimum absolute atomic E-state index is 0.130.